The van der Waals surface area contributed by atoms with Gasteiger partial charge >= 0.3 is 0 Å². The topological polar surface area (TPSA) is 111 Å². The second kappa shape index (κ2) is 6.23. The number of fused-ring (bicyclic) bond motifs is 2. The van der Waals surface area contributed by atoms with Gasteiger partial charge in [0, 0.05) is 5.69 Å². The third-order valence-electron chi connectivity index (χ3n) is 4.88. The summed E-state index contributed by atoms with van der Waals surface area (Å²) in [5.74, 6) is 1.03. The van der Waals surface area contributed by atoms with Crippen molar-refractivity contribution in [1.29, 1.82) is 0 Å². The molecule has 0 aliphatic carbocycles. The minimum absolute atomic E-state index is 0.195. The lowest BCUT2D eigenvalue weighted by atomic mass is 10.1. The zero-order valence-electron chi connectivity index (χ0n) is 15.8. The number of methoxy groups -OCH3 is 1. The molecule has 0 aliphatic rings. The maximum absolute atomic E-state index is 13.3. The molecule has 0 radical (unpaired) electrons. The predicted molar refractivity (Wildman–Crippen MR) is 110 cm³/mol. The number of nitrogens with zero attached hydrogens (tertiary/aromatic N) is 3. The van der Waals surface area contributed by atoms with Crippen LogP contribution in [0.2, 0.25) is 0 Å². The van der Waals surface area contributed by atoms with Crippen molar-refractivity contribution in [2.45, 2.75) is 6.92 Å². The van der Waals surface area contributed by atoms with Crippen LogP contribution in [0.4, 0.5) is 5.82 Å². The molecule has 2 aromatic carbocycles. The zero-order chi connectivity index (χ0) is 20.1. The van der Waals surface area contributed by atoms with Gasteiger partial charge in [0.25, 0.3) is 5.56 Å². The smallest absolute Gasteiger partial charge is 0.287 e. The normalized spacial score (nSPS) is 11.4. The highest BCUT2D eigenvalue weighted by Crippen LogP contribution is 2.32. The number of oxazole rings is 1. The summed E-state index contributed by atoms with van der Waals surface area (Å²) in [6.07, 6.45) is 0. The van der Waals surface area contributed by atoms with Crippen LogP contribution >= 0.6 is 0 Å². The first kappa shape index (κ1) is 17.1. The molecular formula is C21H17N5O3. The molecule has 0 unspecified atom stereocenters. The van der Waals surface area contributed by atoms with E-state index in [1.807, 2.05) is 30.3 Å². The van der Waals surface area contributed by atoms with Gasteiger partial charge in [-0.2, -0.15) is 4.52 Å². The fourth-order valence-electron chi connectivity index (χ4n) is 3.54. The molecule has 8 heteroatoms. The Morgan fingerprint density at radius 2 is 1.90 bits per heavy atom. The van der Waals surface area contributed by atoms with E-state index in [0.29, 0.717) is 33.8 Å². The van der Waals surface area contributed by atoms with E-state index in [2.05, 4.69) is 15.1 Å². The number of H-pyrrole nitrogens is 1. The Balaban J connectivity index is 1.78. The van der Waals surface area contributed by atoms with Gasteiger partial charge < -0.3 is 19.9 Å². The monoisotopic (exact) mass is 387 g/mol. The van der Waals surface area contributed by atoms with Crippen molar-refractivity contribution in [2.24, 2.45) is 0 Å². The van der Waals surface area contributed by atoms with E-state index in [9.17, 15) is 4.79 Å². The number of nitrogen functional groups attached to an aromatic ring is 1. The molecular weight excluding hydrogens is 370 g/mol. The second-order valence-corrected chi connectivity index (χ2v) is 6.64. The molecule has 0 saturated carbocycles. The van der Waals surface area contributed by atoms with Crippen LogP contribution in [0.5, 0.6) is 5.75 Å². The van der Waals surface area contributed by atoms with Gasteiger partial charge in [-0.1, -0.05) is 36.4 Å². The summed E-state index contributed by atoms with van der Waals surface area (Å²) in [7, 11) is 1.56. The van der Waals surface area contributed by atoms with Gasteiger partial charge in [0.15, 0.2) is 16.9 Å². The summed E-state index contributed by atoms with van der Waals surface area (Å²) in [6, 6.07) is 14.9. The number of para-hydroxylation sites is 1. The van der Waals surface area contributed by atoms with Crippen LogP contribution in [0.15, 0.2) is 57.7 Å². The molecule has 5 aromatic rings. The number of benzene rings is 2. The van der Waals surface area contributed by atoms with E-state index >= 15 is 0 Å². The molecule has 0 spiro atoms. The van der Waals surface area contributed by atoms with Crippen LogP contribution in [0.1, 0.15) is 5.69 Å². The second-order valence-electron chi connectivity index (χ2n) is 6.64. The molecule has 0 atom stereocenters. The van der Waals surface area contributed by atoms with Crippen LogP contribution in [0.25, 0.3) is 39.3 Å². The van der Waals surface area contributed by atoms with Gasteiger partial charge in [0.05, 0.1) is 12.7 Å². The van der Waals surface area contributed by atoms with Crippen LogP contribution < -0.4 is 16.0 Å². The number of hydrogen-bond donors (Lipinski definition) is 2. The molecule has 29 heavy (non-hydrogen) atoms. The maximum Gasteiger partial charge on any atom is 0.287 e. The standard InChI is InChI=1S/C21H17N5O3/c1-11-15(20-24-17-13(28-2)9-6-10-14(17)29-20)21(27)26-19(23-11)16(18(22)25-26)12-7-4-3-5-8-12/h3-10,23H,1-2H3,(H2,22,25). The molecule has 3 heterocycles. The van der Waals surface area contributed by atoms with Crippen molar-refractivity contribution < 1.29 is 9.15 Å². The van der Waals surface area contributed by atoms with Crippen molar-refractivity contribution in [3.8, 4) is 28.3 Å². The van der Waals surface area contributed by atoms with Crippen molar-refractivity contribution in [1.82, 2.24) is 19.6 Å². The first-order chi connectivity index (χ1) is 14.1. The summed E-state index contributed by atoms with van der Waals surface area (Å²) in [6.45, 7) is 1.79. The van der Waals surface area contributed by atoms with Crippen LogP contribution in [0, 0.1) is 6.92 Å². The first-order valence-corrected chi connectivity index (χ1v) is 8.99. The molecule has 0 fully saturated rings. The average molecular weight is 387 g/mol. The minimum atomic E-state index is -0.365. The molecule has 8 nitrogen and oxygen atoms in total. The molecule has 0 saturated heterocycles. The molecule has 0 bridgehead atoms. The molecule has 3 N–H and O–H groups in total. The first-order valence-electron chi connectivity index (χ1n) is 8.99. The number of rotatable bonds is 3. The van der Waals surface area contributed by atoms with Crippen LogP contribution in [-0.4, -0.2) is 26.7 Å². The van der Waals surface area contributed by atoms with Crippen molar-refractivity contribution in [3.05, 3.63) is 64.6 Å². The number of nitrogens with one attached hydrogen (secondary N) is 1. The highest BCUT2D eigenvalue weighted by molar-refractivity contribution is 5.87. The summed E-state index contributed by atoms with van der Waals surface area (Å²) >= 11 is 0. The number of nitrogens with two attached hydrogens (primary N) is 1. The summed E-state index contributed by atoms with van der Waals surface area (Å²) in [5, 5.41) is 4.26. The molecule has 144 valence electrons. The summed E-state index contributed by atoms with van der Waals surface area (Å²) in [4.78, 5) is 21.0. The number of aromatic nitrogens is 4. The molecule has 0 aliphatic heterocycles. The Labute approximate surface area is 164 Å². The Kier molecular flexibility index (Phi) is 3.67. The number of aromatic amines is 1. The van der Waals surface area contributed by atoms with Gasteiger partial charge in [-0.05, 0) is 24.6 Å². The number of aryl methyl sites for hydroxylation is 1. The molecule has 0 amide bonds. The molecule has 3 aromatic heterocycles. The Hall–Kier alpha value is -4.07. The Bertz CT molecular complexity index is 1430. The lowest BCUT2D eigenvalue weighted by Gasteiger charge is -2.05. The van der Waals surface area contributed by atoms with Crippen LogP contribution in [-0.2, 0) is 0 Å². The van der Waals surface area contributed by atoms with Crippen molar-refractivity contribution >= 4 is 22.6 Å². The van der Waals surface area contributed by atoms with Crippen LogP contribution in [0.3, 0.4) is 0 Å². The molecule has 5 rings (SSSR count). The van der Waals surface area contributed by atoms with E-state index in [4.69, 9.17) is 14.9 Å². The highest BCUT2D eigenvalue weighted by Gasteiger charge is 2.22. The third kappa shape index (κ3) is 2.49. The fraction of sp³-hybridized carbons (Fsp3) is 0.0952. The van der Waals surface area contributed by atoms with E-state index in [-0.39, 0.29) is 22.8 Å². The number of ether oxygens (including phenoxy) is 1. The van der Waals surface area contributed by atoms with E-state index in [1.54, 1.807) is 32.2 Å². The minimum Gasteiger partial charge on any atom is -0.494 e. The van der Waals surface area contributed by atoms with Gasteiger partial charge in [-0.15, -0.1) is 5.10 Å². The summed E-state index contributed by atoms with van der Waals surface area (Å²) in [5.41, 5.74) is 9.82. The third-order valence-corrected chi connectivity index (χ3v) is 4.88. The van der Waals surface area contributed by atoms with Gasteiger partial charge in [-0.25, -0.2) is 4.98 Å². The largest absolute Gasteiger partial charge is 0.494 e. The SMILES string of the molecule is COc1cccc2oc(-c3c(C)[nH]c4c(-c5ccccc5)c(N)nn4c3=O)nc12. The maximum atomic E-state index is 13.3. The number of hydrogen-bond acceptors (Lipinski definition) is 6. The predicted octanol–water partition coefficient (Wildman–Crippen LogP) is 3.40. The van der Waals surface area contributed by atoms with E-state index < -0.39 is 0 Å². The van der Waals surface area contributed by atoms with E-state index in [0.717, 1.165) is 5.56 Å². The van der Waals surface area contributed by atoms with Gasteiger partial charge in [-0.3, -0.25) is 4.79 Å². The lowest BCUT2D eigenvalue weighted by Crippen LogP contribution is -2.19. The fourth-order valence-corrected chi connectivity index (χ4v) is 3.54. The zero-order valence-corrected chi connectivity index (χ0v) is 15.8. The quantitative estimate of drug-likeness (QED) is 0.491. The van der Waals surface area contributed by atoms with Crippen molar-refractivity contribution in [3.63, 3.8) is 0 Å². The van der Waals surface area contributed by atoms with Crippen molar-refractivity contribution in [2.75, 3.05) is 12.8 Å². The average Bonchev–Trinajstić information content (AvgIpc) is 3.29. The lowest BCUT2D eigenvalue weighted by molar-refractivity contribution is 0.419. The number of anilines is 1. The van der Waals surface area contributed by atoms with Gasteiger partial charge in [0.2, 0.25) is 5.89 Å². The Morgan fingerprint density at radius 1 is 1.10 bits per heavy atom. The highest BCUT2D eigenvalue weighted by atomic mass is 16.5. The van der Waals surface area contributed by atoms with Gasteiger partial charge in [0.1, 0.15) is 17.0 Å². The van der Waals surface area contributed by atoms with E-state index in [1.165, 1.54) is 4.52 Å². The summed E-state index contributed by atoms with van der Waals surface area (Å²) < 4.78 is 12.4. The Morgan fingerprint density at radius 3 is 2.66 bits per heavy atom.